The van der Waals surface area contributed by atoms with Crippen molar-refractivity contribution in [1.82, 2.24) is 9.55 Å². The molecule has 0 saturated heterocycles. The van der Waals surface area contributed by atoms with Crippen molar-refractivity contribution in [3.8, 4) is 5.69 Å². The molecule has 0 radical (unpaired) electrons. The van der Waals surface area contributed by atoms with Gasteiger partial charge in [0.15, 0.2) is 0 Å². The van der Waals surface area contributed by atoms with Crippen molar-refractivity contribution >= 4 is 23.1 Å². The van der Waals surface area contributed by atoms with Gasteiger partial charge in [-0.2, -0.15) is 5.10 Å². The lowest BCUT2D eigenvalue weighted by atomic mass is 10.0. The second-order valence-corrected chi connectivity index (χ2v) is 7.11. The zero-order valence-electron chi connectivity index (χ0n) is 16.7. The van der Waals surface area contributed by atoms with E-state index in [4.69, 9.17) is 0 Å². The van der Waals surface area contributed by atoms with Crippen LogP contribution in [0.5, 0.6) is 0 Å². The van der Waals surface area contributed by atoms with Gasteiger partial charge in [-0.15, -0.1) is 0 Å². The zero-order chi connectivity index (χ0) is 20.4. The second kappa shape index (κ2) is 7.72. The standard InChI is InChI=1S/C24H22N4O/c1-16-13-17(2)21(18(3)14-16)15-25-27-24-26-22-12-8-7-11-20(22)23(29)28(24)19-9-5-4-6-10-19/h4-15H,1-3H3,(H,26,27). The molecule has 29 heavy (non-hydrogen) atoms. The first-order valence-electron chi connectivity index (χ1n) is 9.49. The molecular weight excluding hydrogens is 360 g/mol. The maximum atomic E-state index is 13.2. The second-order valence-electron chi connectivity index (χ2n) is 7.11. The van der Waals surface area contributed by atoms with E-state index in [1.807, 2.05) is 48.5 Å². The van der Waals surface area contributed by atoms with Crippen LogP contribution in [0.25, 0.3) is 16.6 Å². The van der Waals surface area contributed by atoms with Gasteiger partial charge in [0.05, 0.1) is 22.8 Å². The monoisotopic (exact) mass is 382 g/mol. The van der Waals surface area contributed by atoms with Crippen molar-refractivity contribution in [2.24, 2.45) is 5.10 Å². The Labute approximate surface area is 169 Å². The molecule has 4 aromatic rings. The number of nitrogens with zero attached hydrogens (tertiary/aromatic N) is 3. The molecule has 4 rings (SSSR count). The number of aryl methyl sites for hydroxylation is 3. The number of hydrogen-bond donors (Lipinski definition) is 1. The van der Waals surface area contributed by atoms with Crippen molar-refractivity contribution < 1.29 is 0 Å². The number of hydrogen-bond acceptors (Lipinski definition) is 4. The van der Waals surface area contributed by atoms with Gasteiger partial charge in [-0.05, 0) is 56.2 Å². The number of aromatic nitrogens is 2. The van der Waals surface area contributed by atoms with E-state index in [1.165, 1.54) is 5.56 Å². The van der Waals surface area contributed by atoms with E-state index in [-0.39, 0.29) is 5.56 Å². The lowest BCUT2D eigenvalue weighted by Gasteiger charge is -2.13. The Morgan fingerprint density at radius 1 is 0.931 bits per heavy atom. The summed E-state index contributed by atoms with van der Waals surface area (Å²) in [5.74, 6) is 0.374. The number of rotatable bonds is 4. The maximum Gasteiger partial charge on any atom is 0.267 e. The first-order chi connectivity index (χ1) is 14.0. The van der Waals surface area contributed by atoms with Crippen LogP contribution in [0.15, 0.2) is 76.6 Å². The quantitative estimate of drug-likeness (QED) is 0.409. The number of fused-ring (bicyclic) bond motifs is 1. The Morgan fingerprint density at radius 3 is 2.31 bits per heavy atom. The summed E-state index contributed by atoms with van der Waals surface area (Å²) in [6.45, 7) is 6.21. The van der Waals surface area contributed by atoms with E-state index < -0.39 is 0 Å². The van der Waals surface area contributed by atoms with E-state index in [2.05, 4.69) is 48.4 Å². The van der Waals surface area contributed by atoms with E-state index in [1.54, 1.807) is 16.8 Å². The summed E-state index contributed by atoms with van der Waals surface area (Å²) in [5, 5.41) is 4.97. The van der Waals surface area contributed by atoms with Crippen molar-refractivity contribution in [2.45, 2.75) is 20.8 Å². The smallest absolute Gasteiger partial charge is 0.267 e. The molecule has 0 atom stereocenters. The van der Waals surface area contributed by atoms with Crippen molar-refractivity contribution in [3.63, 3.8) is 0 Å². The third-order valence-electron chi connectivity index (χ3n) is 4.89. The molecule has 0 aliphatic carbocycles. The van der Waals surface area contributed by atoms with E-state index in [0.717, 1.165) is 22.4 Å². The number of para-hydroxylation sites is 2. The van der Waals surface area contributed by atoms with Crippen LogP contribution in [-0.2, 0) is 0 Å². The minimum absolute atomic E-state index is 0.137. The van der Waals surface area contributed by atoms with Gasteiger partial charge in [0.2, 0.25) is 5.95 Å². The summed E-state index contributed by atoms with van der Waals surface area (Å²) in [6, 6.07) is 21.0. The van der Waals surface area contributed by atoms with E-state index in [0.29, 0.717) is 16.9 Å². The van der Waals surface area contributed by atoms with Crippen LogP contribution in [0.3, 0.4) is 0 Å². The Balaban J connectivity index is 1.80. The summed E-state index contributed by atoms with van der Waals surface area (Å²) in [4.78, 5) is 17.8. The predicted octanol–water partition coefficient (Wildman–Crippen LogP) is 4.76. The highest BCUT2D eigenvalue weighted by molar-refractivity contribution is 5.84. The van der Waals surface area contributed by atoms with Crippen molar-refractivity contribution in [1.29, 1.82) is 0 Å². The van der Waals surface area contributed by atoms with Crippen LogP contribution in [-0.4, -0.2) is 15.8 Å². The van der Waals surface area contributed by atoms with E-state index >= 15 is 0 Å². The van der Waals surface area contributed by atoms with Gasteiger partial charge in [-0.1, -0.05) is 48.0 Å². The fraction of sp³-hybridized carbons (Fsp3) is 0.125. The maximum absolute atomic E-state index is 13.2. The van der Waals surface area contributed by atoms with Gasteiger partial charge in [-0.25, -0.2) is 15.0 Å². The highest BCUT2D eigenvalue weighted by Crippen LogP contribution is 2.17. The zero-order valence-corrected chi connectivity index (χ0v) is 16.7. The lowest BCUT2D eigenvalue weighted by molar-refractivity contribution is 0.956. The lowest BCUT2D eigenvalue weighted by Crippen LogP contribution is -2.22. The van der Waals surface area contributed by atoms with Crippen molar-refractivity contribution in [3.05, 3.63) is 99.3 Å². The first kappa shape index (κ1) is 18.6. The minimum Gasteiger partial charge on any atom is -0.268 e. The van der Waals surface area contributed by atoms with Crippen LogP contribution in [0.1, 0.15) is 22.3 Å². The molecule has 0 aliphatic heterocycles. The van der Waals surface area contributed by atoms with Gasteiger partial charge in [0.1, 0.15) is 0 Å². The Hall–Kier alpha value is -3.73. The third kappa shape index (κ3) is 3.67. The molecule has 144 valence electrons. The van der Waals surface area contributed by atoms with Gasteiger partial charge in [0, 0.05) is 5.56 Å². The molecule has 1 N–H and O–H groups in total. The first-order valence-corrected chi connectivity index (χ1v) is 9.49. The number of benzene rings is 3. The third-order valence-corrected chi connectivity index (χ3v) is 4.89. The number of hydrazone groups is 1. The average molecular weight is 382 g/mol. The Bertz CT molecular complexity index is 1250. The molecule has 0 fully saturated rings. The van der Waals surface area contributed by atoms with Crippen molar-refractivity contribution in [2.75, 3.05) is 5.43 Å². The topological polar surface area (TPSA) is 59.3 Å². The fourth-order valence-electron chi connectivity index (χ4n) is 3.57. The molecule has 0 unspecified atom stereocenters. The highest BCUT2D eigenvalue weighted by atomic mass is 16.1. The average Bonchev–Trinajstić information content (AvgIpc) is 2.71. The Morgan fingerprint density at radius 2 is 1.59 bits per heavy atom. The Kier molecular flexibility index (Phi) is 4.96. The highest BCUT2D eigenvalue weighted by Gasteiger charge is 2.12. The molecule has 0 spiro atoms. The molecule has 5 nitrogen and oxygen atoms in total. The molecule has 1 heterocycles. The van der Waals surface area contributed by atoms with Gasteiger partial charge in [0.25, 0.3) is 5.56 Å². The van der Waals surface area contributed by atoms with Crippen LogP contribution in [0.2, 0.25) is 0 Å². The van der Waals surface area contributed by atoms with Gasteiger partial charge in [-0.3, -0.25) is 4.79 Å². The van der Waals surface area contributed by atoms with Crippen LogP contribution >= 0.6 is 0 Å². The van der Waals surface area contributed by atoms with E-state index in [9.17, 15) is 4.79 Å². The summed E-state index contributed by atoms with van der Waals surface area (Å²) in [7, 11) is 0. The van der Waals surface area contributed by atoms with Gasteiger partial charge >= 0.3 is 0 Å². The summed E-state index contributed by atoms with van der Waals surface area (Å²) in [5.41, 5.74) is 8.79. The van der Waals surface area contributed by atoms with Crippen LogP contribution in [0.4, 0.5) is 5.95 Å². The largest absolute Gasteiger partial charge is 0.268 e. The predicted molar refractivity (Wildman–Crippen MR) is 119 cm³/mol. The molecule has 5 heteroatoms. The summed E-state index contributed by atoms with van der Waals surface area (Å²) < 4.78 is 1.55. The molecule has 3 aromatic carbocycles. The molecule has 0 saturated carbocycles. The van der Waals surface area contributed by atoms with Crippen LogP contribution in [0, 0.1) is 20.8 Å². The molecule has 0 bridgehead atoms. The minimum atomic E-state index is -0.137. The summed E-state index contributed by atoms with van der Waals surface area (Å²) in [6.07, 6.45) is 1.78. The molecule has 1 aromatic heterocycles. The SMILES string of the molecule is Cc1cc(C)c(C=NNc2nc3ccccc3c(=O)n2-c2ccccc2)c(C)c1. The molecule has 0 aliphatic rings. The molecule has 0 amide bonds. The number of nitrogens with one attached hydrogen (secondary N) is 1. The van der Waals surface area contributed by atoms with Gasteiger partial charge < -0.3 is 0 Å². The molecular formula is C24H22N4O. The summed E-state index contributed by atoms with van der Waals surface area (Å²) >= 11 is 0. The van der Waals surface area contributed by atoms with Crippen LogP contribution < -0.4 is 11.0 Å². The number of anilines is 1. The normalized spacial score (nSPS) is 11.3. The fourth-order valence-corrected chi connectivity index (χ4v) is 3.57.